The molecule has 17 heavy (non-hydrogen) atoms. The number of para-hydroxylation sites is 1. The van der Waals surface area contributed by atoms with Gasteiger partial charge in [0.2, 0.25) is 5.28 Å². The number of hydrogen-bond donors (Lipinski definition) is 1. The van der Waals surface area contributed by atoms with E-state index in [0.717, 1.165) is 0 Å². The molecule has 0 aliphatic rings. The Morgan fingerprint density at radius 2 is 2.24 bits per heavy atom. The smallest absolute Gasteiger partial charge is 0.263 e. The first-order chi connectivity index (χ1) is 8.06. The Morgan fingerprint density at radius 3 is 2.88 bits per heavy atom. The summed E-state index contributed by atoms with van der Waals surface area (Å²) in [6.45, 7) is 1.76. The van der Waals surface area contributed by atoms with E-state index in [1.165, 1.54) is 22.8 Å². The molecule has 1 N–H and O–H groups in total. The summed E-state index contributed by atoms with van der Waals surface area (Å²) in [4.78, 5) is 16.1. The summed E-state index contributed by atoms with van der Waals surface area (Å²) in [6, 6.07) is 4.25. The topological polar surface area (TPSA) is 46.9 Å². The Morgan fingerprint density at radius 1 is 1.53 bits per heavy atom. The summed E-state index contributed by atoms with van der Waals surface area (Å²) in [5.74, 6) is -0.550. The third-order valence-electron chi connectivity index (χ3n) is 2.64. The lowest BCUT2D eigenvalue weighted by molar-refractivity contribution is 0.461. The fourth-order valence-corrected chi connectivity index (χ4v) is 1.93. The minimum atomic E-state index is -0.550. The fourth-order valence-electron chi connectivity index (χ4n) is 1.63. The van der Waals surface area contributed by atoms with Gasteiger partial charge in [-0.15, -0.1) is 0 Å². The molecule has 2 aromatic rings. The molecule has 0 saturated heterocycles. The molecule has 0 saturated carbocycles. The van der Waals surface area contributed by atoms with Crippen LogP contribution in [0.4, 0.5) is 4.39 Å². The van der Waals surface area contributed by atoms with Crippen molar-refractivity contribution >= 4 is 22.5 Å². The second-order valence-electron chi connectivity index (χ2n) is 3.66. The first-order valence-corrected chi connectivity index (χ1v) is 5.47. The summed E-state index contributed by atoms with van der Waals surface area (Å²) in [6.07, 6.45) is -0.310. The predicted molar refractivity (Wildman–Crippen MR) is 64.7 cm³/mol. The van der Waals surface area contributed by atoms with Crippen molar-refractivity contribution < 1.29 is 4.39 Å². The van der Waals surface area contributed by atoms with Crippen molar-refractivity contribution in [2.45, 2.75) is 13.1 Å². The summed E-state index contributed by atoms with van der Waals surface area (Å²) in [7, 11) is 1.70. The van der Waals surface area contributed by atoms with E-state index in [4.69, 9.17) is 11.6 Å². The monoisotopic (exact) mass is 255 g/mol. The van der Waals surface area contributed by atoms with Gasteiger partial charge in [-0.3, -0.25) is 9.36 Å². The summed E-state index contributed by atoms with van der Waals surface area (Å²) < 4.78 is 14.8. The van der Waals surface area contributed by atoms with Crippen LogP contribution in [0.15, 0.2) is 23.0 Å². The van der Waals surface area contributed by atoms with Gasteiger partial charge in [-0.25, -0.2) is 9.37 Å². The van der Waals surface area contributed by atoms with Crippen LogP contribution >= 0.6 is 11.6 Å². The quantitative estimate of drug-likeness (QED) is 0.834. The number of nitrogens with zero attached hydrogens (tertiary/aromatic N) is 2. The van der Waals surface area contributed by atoms with E-state index >= 15 is 0 Å². The maximum Gasteiger partial charge on any atom is 0.263 e. The standard InChI is InChI=1S/C11H11ClFN3O/c1-6(14-2)16-10(17)7-4-3-5-8(13)9(7)15-11(16)12/h3-6,14H,1-2H3. The zero-order valence-corrected chi connectivity index (χ0v) is 10.1. The summed E-state index contributed by atoms with van der Waals surface area (Å²) in [5, 5.41) is 3.07. The van der Waals surface area contributed by atoms with Gasteiger partial charge in [0.1, 0.15) is 11.3 Å². The van der Waals surface area contributed by atoms with Crippen molar-refractivity contribution in [1.29, 1.82) is 0 Å². The molecule has 1 atom stereocenters. The largest absolute Gasteiger partial charge is 0.300 e. The number of nitrogens with one attached hydrogen (secondary N) is 1. The van der Waals surface area contributed by atoms with Crippen molar-refractivity contribution in [2.24, 2.45) is 0 Å². The Hall–Kier alpha value is -1.46. The van der Waals surface area contributed by atoms with Crippen LogP contribution in [0.3, 0.4) is 0 Å². The Balaban J connectivity index is 2.86. The second-order valence-corrected chi connectivity index (χ2v) is 3.99. The zero-order valence-electron chi connectivity index (χ0n) is 9.37. The number of rotatable bonds is 2. The van der Waals surface area contributed by atoms with Crippen LogP contribution in [0.25, 0.3) is 10.9 Å². The molecule has 0 spiro atoms. The number of halogens is 2. The van der Waals surface area contributed by atoms with Crippen molar-refractivity contribution in [3.05, 3.63) is 39.7 Å². The van der Waals surface area contributed by atoms with Crippen molar-refractivity contribution in [2.75, 3.05) is 7.05 Å². The number of hydrogen-bond acceptors (Lipinski definition) is 3. The molecule has 1 unspecified atom stereocenters. The van der Waals surface area contributed by atoms with Gasteiger partial charge in [-0.05, 0) is 37.7 Å². The van der Waals surface area contributed by atoms with Gasteiger partial charge in [0, 0.05) is 0 Å². The molecule has 1 heterocycles. The van der Waals surface area contributed by atoms with E-state index in [1.807, 2.05) is 0 Å². The highest BCUT2D eigenvalue weighted by Crippen LogP contribution is 2.16. The highest BCUT2D eigenvalue weighted by Gasteiger charge is 2.15. The van der Waals surface area contributed by atoms with E-state index in [0.29, 0.717) is 0 Å². The minimum Gasteiger partial charge on any atom is -0.300 e. The molecule has 0 fully saturated rings. The minimum absolute atomic E-state index is 0.00190. The molecule has 6 heteroatoms. The molecule has 0 amide bonds. The molecular weight excluding hydrogens is 245 g/mol. The fraction of sp³-hybridized carbons (Fsp3) is 0.273. The van der Waals surface area contributed by atoms with Gasteiger partial charge >= 0.3 is 0 Å². The molecular formula is C11H11ClFN3O. The van der Waals surface area contributed by atoms with E-state index in [9.17, 15) is 9.18 Å². The van der Waals surface area contributed by atoms with Gasteiger partial charge in [0.15, 0.2) is 0 Å². The normalized spacial score (nSPS) is 12.9. The average Bonchev–Trinajstić information content (AvgIpc) is 2.30. The van der Waals surface area contributed by atoms with Crippen molar-refractivity contribution in [1.82, 2.24) is 14.9 Å². The Labute approximate surface area is 102 Å². The summed E-state index contributed by atoms with van der Waals surface area (Å²) in [5.41, 5.74) is -0.358. The lowest BCUT2D eigenvalue weighted by Crippen LogP contribution is -2.31. The van der Waals surface area contributed by atoms with Crippen LogP contribution in [-0.4, -0.2) is 16.6 Å². The summed E-state index contributed by atoms with van der Waals surface area (Å²) >= 11 is 5.90. The number of aromatic nitrogens is 2. The molecule has 0 radical (unpaired) electrons. The predicted octanol–water partition coefficient (Wildman–Crippen LogP) is 1.93. The third-order valence-corrected chi connectivity index (χ3v) is 2.91. The van der Waals surface area contributed by atoms with Crippen LogP contribution in [0.2, 0.25) is 5.28 Å². The lowest BCUT2D eigenvalue weighted by Gasteiger charge is -2.16. The molecule has 1 aromatic heterocycles. The van der Waals surface area contributed by atoms with Crippen LogP contribution in [0, 0.1) is 5.82 Å². The van der Waals surface area contributed by atoms with Crippen LogP contribution < -0.4 is 10.9 Å². The van der Waals surface area contributed by atoms with E-state index in [-0.39, 0.29) is 27.9 Å². The number of fused-ring (bicyclic) bond motifs is 1. The zero-order chi connectivity index (χ0) is 12.6. The molecule has 0 aliphatic heterocycles. The van der Waals surface area contributed by atoms with E-state index in [1.54, 1.807) is 14.0 Å². The maximum atomic E-state index is 13.5. The molecule has 0 aliphatic carbocycles. The first kappa shape index (κ1) is 12.0. The lowest BCUT2D eigenvalue weighted by atomic mass is 10.2. The van der Waals surface area contributed by atoms with Crippen molar-refractivity contribution in [3.8, 4) is 0 Å². The number of benzene rings is 1. The van der Waals surface area contributed by atoms with Crippen LogP contribution in [0.5, 0.6) is 0 Å². The van der Waals surface area contributed by atoms with Gasteiger partial charge in [-0.1, -0.05) is 6.07 Å². The average molecular weight is 256 g/mol. The highest BCUT2D eigenvalue weighted by molar-refractivity contribution is 6.28. The van der Waals surface area contributed by atoms with Crippen LogP contribution in [0.1, 0.15) is 13.1 Å². The first-order valence-electron chi connectivity index (χ1n) is 5.09. The van der Waals surface area contributed by atoms with Gasteiger partial charge in [0.05, 0.1) is 11.6 Å². The SMILES string of the molecule is CNC(C)n1c(Cl)nc2c(F)cccc2c1=O. The maximum absolute atomic E-state index is 13.5. The van der Waals surface area contributed by atoms with Gasteiger partial charge < -0.3 is 5.32 Å². The molecule has 1 aromatic carbocycles. The van der Waals surface area contributed by atoms with Gasteiger partial charge in [-0.2, -0.15) is 0 Å². The van der Waals surface area contributed by atoms with E-state index < -0.39 is 5.82 Å². The van der Waals surface area contributed by atoms with E-state index in [2.05, 4.69) is 10.3 Å². The molecule has 90 valence electrons. The molecule has 0 bridgehead atoms. The Bertz CT molecular complexity index is 626. The molecule has 4 nitrogen and oxygen atoms in total. The van der Waals surface area contributed by atoms with Gasteiger partial charge in [0.25, 0.3) is 5.56 Å². The van der Waals surface area contributed by atoms with Crippen molar-refractivity contribution in [3.63, 3.8) is 0 Å². The van der Waals surface area contributed by atoms with Crippen LogP contribution in [-0.2, 0) is 0 Å². The third kappa shape index (κ3) is 1.92. The Kier molecular flexibility index (Phi) is 3.13. The highest BCUT2D eigenvalue weighted by atomic mass is 35.5. The second kappa shape index (κ2) is 4.43. The molecule has 2 rings (SSSR count).